The second kappa shape index (κ2) is 6.15. The average molecular weight is 440 g/mol. The zero-order valence-electron chi connectivity index (χ0n) is 11.0. The highest BCUT2D eigenvalue weighted by molar-refractivity contribution is 9.11. The summed E-state index contributed by atoms with van der Waals surface area (Å²) in [5.74, 6) is -1.22. The minimum atomic E-state index is -3.95. The predicted octanol–water partition coefficient (Wildman–Crippen LogP) is 1.64. The maximum Gasteiger partial charge on any atom is 0.245 e. The topological polar surface area (TPSA) is 83.6 Å². The first-order valence-electron chi connectivity index (χ1n) is 6.08. The fourth-order valence-corrected chi connectivity index (χ4v) is 5.42. The molecule has 0 radical (unpaired) electrons. The van der Waals surface area contributed by atoms with Crippen LogP contribution in [-0.2, 0) is 19.6 Å². The van der Waals surface area contributed by atoms with Gasteiger partial charge in [0, 0.05) is 8.95 Å². The van der Waals surface area contributed by atoms with Crippen LogP contribution in [0.25, 0.3) is 0 Å². The van der Waals surface area contributed by atoms with Crippen molar-refractivity contribution in [2.45, 2.75) is 24.3 Å². The quantitative estimate of drug-likeness (QED) is 0.725. The molecule has 1 aliphatic heterocycles. The number of hydrogen-bond acceptors (Lipinski definition) is 4. The van der Waals surface area contributed by atoms with Crippen LogP contribution in [0.4, 0.5) is 0 Å². The summed E-state index contributed by atoms with van der Waals surface area (Å²) in [6.07, 6.45) is 0.284. The van der Waals surface area contributed by atoms with Crippen LogP contribution in [0.2, 0.25) is 0 Å². The fraction of sp³-hybridized carbons (Fsp3) is 0.333. The lowest BCUT2D eigenvalue weighted by Crippen LogP contribution is -2.59. The number of carbonyl (C=O) groups is 2. The Labute approximate surface area is 139 Å². The molecule has 1 aliphatic rings. The number of halogens is 2. The first-order valence-corrected chi connectivity index (χ1v) is 9.10. The normalized spacial score (nSPS) is 20.4. The Morgan fingerprint density at radius 3 is 2.57 bits per heavy atom. The zero-order chi connectivity index (χ0) is 15.8. The van der Waals surface area contributed by atoms with E-state index in [0.29, 0.717) is 8.95 Å². The molecule has 1 unspecified atom stereocenters. The van der Waals surface area contributed by atoms with Crippen molar-refractivity contribution in [2.75, 3.05) is 6.54 Å². The highest BCUT2D eigenvalue weighted by atomic mass is 79.9. The van der Waals surface area contributed by atoms with Crippen LogP contribution in [-0.4, -0.2) is 37.1 Å². The summed E-state index contributed by atoms with van der Waals surface area (Å²) in [6, 6.07) is 3.72. The third-order valence-corrected chi connectivity index (χ3v) is 6.40. The van der Waals surface area contributed by atoms with Crippen molar-refractivity contribution in [1.82, 2.24) is 9.62 Å². The van der Waals surface area contributed by atoms with E-state index in [1.165, 1.54) is 6.07 Å². The minimum absolute atomic E-state index is 0.0200. The van der Waals surface area contributed by atoms with Crippen molar-refractivity contribution in [1.29, 1.82) is 0 Å². The van der Waals surface area contributed by atoms with Crippen molar-refractivity contribution in [3.63, 3.8) is 0 Å². The summed E-state index contributed by atoms with van der Waals surface area (Å²) >= 11 is 6.45. The molecule has 9 heteroatoms. The van der Waals surface area contributed by atoms with Crippen LogP contribution >= 0.6 is 31.9 Å². The Balaban J connectivity index is 2.50. The van der Waals surface area contributed by atoms with Crippen LogP contribution in [0, 0.1) is 0 Å². The second-order valence-electron chi connectivity index (χ2n) is 4.46. The molecular formula is C12H12Br2N2O4S. The molecule has 0 aliphatic carbocycles. The average Bonchev–Trinajstić information content (AvgIpc) is 2.37. The van der Waals surface area contributed by atoms with Crippen LogP contribution in [0.5, 0.6) is 0 Å². The van der Waals surface area contributed by atoms with Crippen molar-refractivity contribution < 1.29 is 18.0 Å². The highest BCUT2D eigenvalue weighted by Crippen LogP contribution is 2.30. The van der Waals surface area contributed by atoms with Crippen LogP contribution in [0.3, 0.4) is 0 Å². The number of sulfonamides is 1. The van der Waals surface area contributed by atoms with Gasteiger partial charge in [0.2, 0.25) is 21.8 Å². The third-order valence-electron chi connectivity index (χ3n) is 3.08. The smallest absolute Gasteiger partial charge is 0.245 e. The maximum absolute atomic E-state index is 12.7. The molecule has 0 bridgehead atoms. The number of carbonyl (C=O) groups excluding carboxylic acids is 2. The first-order chi connectivity index (χ1) is 9.77. The number of nitrogens with one attached hydrogen (secondary N) is 1. The molecule has 2 rings (SSSR count). The van der Waals surface area contributed by atoms with Crippen molar-refractivity contribution in [2.24, 2.45) is 0 Å². The van der Waals surface area contributed by atoms with Gasteiger partial charge >= 0.3 is 0 Å². The summed E-state index contributed by atoms with van der Waals surface area (Å²) in [5.41, 5.74) is 0. The molecule has 21 heavy (non-hydrogen) atoms. The van der Waals surface area contributed by atoms with E-state index in [2.05, 4.69) is 37.2 Å². The third kappa shape index (κ3) is 3.20. The van der Waals surface area contributed by atoms with E-state index < -0.39 is 27.9 Å². The summed E-state index contributed by atoms with van der Waals surface area (Å²) in [6.45, 7) is 1.33. The van der Waals surface area contributed by atoms with Gasteiger partial charge in [-0.1, -0.05) is 22.9 Å². The van der Waals surface area contributed by atoms with Gasteiger partial charge in [0.15, 0.2) is 0 Å². The largest absolute Gasteiger partial charge is 0.294 e. The molecule has 1 saturated heterocycles. The maximum atomic E-state index is 12.7. The molecule has 6 nitrogen and oxygen atoms in total. The lowest BCUT2D eigenvalue weighted by atomic mass is 10.2. The summed E-state index contributed by atoms with van der Waals surface area (Å²) in [5, 5.41) is 2.15. The molecule has 0 aromatic heterocycles. The Morgan fingerprint density at radius 2 is 2.00 bits per heavy atom. The highest BCUT2D eigenvalue weighted by Gasteiger charge is 2.41. The molecule has 1 atom stereocenters. The van der Waals surface area contributed by atoms with Gasteiger partial charge in [-0.3, -0.25) is 14.9 Å². The van der Waals surface area contributed by atoms with Crippen LogP contribution in [0.15, 0.2) is 32.0 Å². The predicted molar refractivity (Wildman–Crippen MR) is 83.0 cm³/mol. The molecule has 1 aromatic carbocycles. The van der Waals surface area contributed by atoms with Gasteiger partial charge in [0.25, 0.3) is 0 Å². The SMILES string of the molecule is CCC1C(=O)NC(=O)CN1S(=O)(=O)c1ccc(Br)cc1Br. The van der Waals surface area contributed by atoms with Gasteiger partial charge in [-0.05, 0) is 40.5 Å². The number of piperazine rings is 1. The Bertz CT molecular complexity index is 705. The van der Waals surface area contributed by atoms with Gasteiger partial charge in [0.05, 0.1) is 11.4 Å². The number of nitrogens with zero attached hydrogens (tertiary/aromatic N) is 1. The molecule has 2 amide bonds. The van der Waals surface area contributed by atoms with Crippen LogP contribution < -0.4 is 5.32 Å². The van der Waals surface area contributed by atoms with E-state index >= 15 is 0 Å². The number of imide groups is 1. The number of hydrogen-bond donors (Lipinski definition) is 1. The Kier molecular flexibility index (Phi) is 4.86. The van der Waals surface area contributed by atoms with Gasteiger partial charge < -0.3 is 0 Å². The number of benzene rings is 1. The minimum Gasteiger partial charge on any atom is -0.294 e. The molecule has 114 valence electrons. The Morgan fingerprint density at radius 1 is 1.33 bits per heavy atom. The second-order valence-corrected chi connectivity index (χ2v) is 8.09. The standard InChI is InChI=1S/C12H12Br2N2O4S/c1-2-9-12(18)15-11(17)6-16(9)21(19,20)10-4-3-7(13)5-8(10)14/h3-5,9H,2,6H2,1H3,(H,15,17,18). The molecule has 0 saturated carbocycles. The molecule has 0 spiro atoms. The Hall–Kier alpha value is -0.770. The van der Waals surface area contributed by atoms with E-state index in [1.54, 1.807) is 19.1 Å². The van der Waals surface area contributed by atoms with E-state index in [4.69, 9.17) is 0 Å². The molecular weight excluding hydrogens is 428 g/mol. The molecule has 1 heterocycles. The fourth-order valence-electron chi connectivity index (χ4n) is 2.10. The lowest BCUT2D eigenvalue weighted by molar-refractivity contribution is -0.137. The summed E-state index contributed by atoms with van der Waals surface area (Å²) in [7, 11) is -3.95. The van der Waals surface area contributed by atoms with Gasteiger partial charge in [-0.2, -0.15) is 4.31 Å². The van der Waals surface area contributed by atoms with Crippen molar-refractivity contribution in [3.8, 4) is 0 Å². The van der Waals surface area contributed by atoms with E-state index in [9.17, 15) is 18.0 Å². The number of amides is 2. The van der Waals surface area contributed by atoms with E-state index in [-0.39, 0.29) is 17.9 Å². The number of rotatable bonds is 3. The van der Waals surface area contributed by atoms with Crippen molar-refractivity contribution >= 4 is 53.7 Å². The van der Waals surface area contributed by atoms with Crippen LogP contribution in [0.1, 0.15) is 13.3 Å². The molecule has 1 N–H and O–H groups in total. The molecule has 1 aromatic rings. The van der Waals surface area contributed by atoms with E-state index in [0.717, 1.165) is 4.31 Å². The first kappa shape index (κ1) is 16.6. The summed E-state index contributed by atoms with van der Waals surface area (Å²) in [4.78, 5) is 23.3. The van der Waals surface area contributed by atoms with Gasteiger partial charge in [0.1, 0.15) is 6.04 Å². The van der Waals surface area contributed by atoms with Gasteiger partial charge in [-0.25, -0.2) is 8.42 Å². The monoisotopic (exact) mass is 438 g/mol. The molecule has 1 fully saturated rings. The van der Waals surface area contributed by atoms with E-state index in [1.807, 2.05) is 0 Å². The van der Waals surface area contributed by atoms with Gasteiger partial charge in [-0.15, -0.1) is 0 Å². The zero-order valence-corrected chi connectivity index (χ0v) is 15.0. The van der Waals surface area contributed by atoms with Crippen molar-refractivity contribution in [3.05, 3.63) is 27.1 Å². The summed E-state index contributed by atoms with van der Waals surface area (Å²) < 4.78 is 27.5. The lowest BCUT2D eigenvalue weighted by Gasteiger charge is -2.32.